The van der Waals surface area contributed by atoms with Gasteiger partial charge in [0.2, 0.25) is 5.91 Å². The quantitative estimate of drug-likeness (QED) is 0.797. The fourth-order valence-corrected chi connectivity index (χ4v) is 2.42. The number of amides is 1. The zero-order valence-electron chi connectivity index (χ0n) is 14.2. The van der Waals surface area contributed by atoms with E-state index in [1.807, 2.05) is 30.3 Å². The third kappa shape index (κ3) is 4.02. The topological polar surface area (TPSA) is 86.3 Å². The minimum Gasteiger partial charge on any atom is -0.461 e. The molecule has 2 unspecified atom stereocenters. The Hall–Kier alpha value is -2.60. The Morgan fingerprint density at radius 1 is 1.29 bits per heavy atom. The number of ether oxygens (including phenoxy) is 1. The normalized spacial score (nSPS) is 13.2. The highest BCUT2D eigenvalue weighted by Crippen LogP contribution is 2.21. The van der Waals surface area contributed by atoms with Gasteiger partial charge in [-0.15, -0.1) is 0 Å². The molecule has 6 nitrogen and oxygen atoms in total. The molecule has 1 amide bonds. The fraction of sp³-hybridized carbons (Fsp3) is 0.333. The molecule has 2 rings (SSSR count). The smallest absolute Gasteiger partial charge is 0.355 e. The largest absolute Gasteiger partial charge is 0.461 e. The number of rotatable bonds is 6. The summed E-state index contributed by atoms with van der Waals surface area (Å²) in [6.45, 7) is 3.83. The predicted molar refractivity (Wildman–Crippen MR) is 92.5 cm³/mol. The van der Waals surface area contributed by atoms with E-state index in [4.69, 9.17) is 10.5 Å². The Morgan fingerprint density at radius 3 is 2.58 bits per heavy atom. The zero-order chi connectivity index (χ0) is 17.7. The van der Waals surface area contributed by atoms with E-state index in [0.29, 0.717) is 18.0 Å². The molecule has 0 spiro atoms. The van der Waals surface area contributed by atoms with Crippen LogP contribution in [0, 0.1) is 5.92 Å². The number of benzene rings is 1. The number of carbonyl (C=O) groups excluding carboxylic acids is 2. The van der Waals surface area contributed by atoms with Crippen LogP contribution in [0.2, 0.25) is 0 Å². The maximum atomic E-state index is 12.4. The van der Waals surface area contributed by atoms with Gasteiger partial charge in [-0.1, -0.05) is 37.3 Å². The molecule has 2 atom stereocenters. The van der Waals surface area contributed by atoms with E-state index in [1.54, 1.807) is 37.7 Å². The van der Waals surface area contributed by atoms with Crippen molar-refractivity contribution in [1.29, 1.82) is 0 Å². The summed E-state index contributed by atoms with van der Waals surface area (Å²) in [5.74, 6) is -1.04. The summed E-state index contributed by atoms with van der Waals surface area (Å²) in [6.07, 6.45) is 1.67. The van der Waals surface area contributed by atoms with Gasteiger partial charge in [0.15, 0.2) is 0 Å². The number of esters is 1. The van der Waals surface area contributed by atoms with E-state index < -0.39 is 17.9 Å². The van der Waals surface area contributed by atoms with Crippen LogP contribution in [-0.4, -0.2) is 23.1 Å². The van der Waals surface area contributed by atoms with Crippen LogP contribution in [0.1, 0.15) is 35.9 Å². The maximum Gasteiger partial charge on any atom is 0.355 e. The number of hydrogen-bond acceptors (Lipinski definition) is 4. The number of aryl methyl sites for hydroxylation is 1. The second kappa shape index (κ2) is 7.79. The highest BCUT2D eigenvalue weighted by molar-refractivity contribution is 5.95. The molecule has 0 aliphatic rings. The summed E-state index contributed by atoms with van der Waals surface area (Å²) in [5, 5.41) is 2.80. The van der Waals surface area contributed by atoms with Crippen LogP contribution in [-0.2, 0) is 16.6 Å². The molecule has 1 heterocycles. The number of hydrogen-bond donors (Lipinski definition) is 2. The summed E-state index contributed by atoms with van der Waals surface area (Å²) in [5.41, 5.74) is 8.00. The van der Waals surface area contributed by atoms with Crippen molar-refractivity contribution in [1.82, 2.24) is 4.57 Å². The van der Waals surface area contributed by atoms with Crippen LogP contribution >= 0.6 is 0 Å². The number of nitrogens with two attached hydrogens (primary N) is 1. The van der Waals surface area contributed by atoms with Crippen molar-refractivity contribution in [3.63, 3.8) is 0 Å². The van der Waals surface area contributed by atoms with Crippen LogP contribution in [0.5, 0.6) is 0 Å². The van der Waals surface area contributed by atoms with Crippen LogP contribution in [0.4, 0.5) is 5.69 Å². The van der Waals surface area contributed by atoms with Crippen molar-refractivity contribution >= 4 is 17.6 Å². The first-order valence-electron chi connectivity index (χ1n) is 7.89. The summed E-state index contributed by atoms with van der Waals surface area (Å²) in [6, 6.07) is 10.7. The van der Waals surface area contributed by atoms with Crippen molar-refractivity contribution in [2.24, 2.45) is 18.7 Å². The van der Waals surface area contributed by atoms with Crippen molar-refractivity contribution in [3.05, 3.63) is 53.9 Å². The highest BCUT2D eigenvalue weighted by atomic mass is 16.5. The molecule has 1 aromatic heterocycles. The summed E-state index contributed by atoms with van der Waals surface area (Å²) in [7, 11) is 1.72. The average Bonchev–Trinajstić information content (AvgIpc) is 2.94. The SMILES string of the molecule is CCOC(=O)c1cc(NC(=O)C(C)C(N)c2ccccc2)cn1C. The third-order valence-corrected chi connectivity index (χ3v) is 3.89. The molecule has 0 aliphatic heterocycles. The lowest BCUT2D eigenvalue weighted by molar-refractivity contribution is -0.120. The minimum absolute atomic E-state index is 0.202. The third-order valence-electron chi connectivity index (χ3n) is 3.89. The van der Waals surface area contributed by atoms with Gasteiger partial charge in [0, 0.05) is 19.3 Å². The molecular weight excluding hydrogens is 306 g/mol. The lowest BCUT2D eigenvalue weighted by atomic mass is 9.94. The molecule has 24 heavy (non-hydrogen) atoms. The van der Waals surface area contributed by atoms with E-state index in [2.05, 4.69) is 5.32 Å². The Kier molecular flexibility index (Phi) is 5.76. The van der Waals surface area contributed by atoms with Gasteiger partial charge in [0.25, 0.3) is 0 Å². The number of nitrogens with one attached hydrogen (secondary N) is 1. The van der Waals surface area contributed by atoms with Crippen molar-refractivity contribution in [2.75, 3.05) is 11.9 Å². The standard InChI is InChI=1S/C18H23N3O3/c1-4-24-18(23)15-10-14(11-21(15)3)20-17(22)12(2)16(19)13-8-6-5-7-9-13/h5-12,16H,4,19H2,1-3H3,(H,20,22). The predicted octanol–water partition coefficient (Wildman–Crippen LogP) is 2.48. The molecule has 128 valence electrons. The second-order valence-corrected chi connectivity index (χ2v) is 5.66. The Labute approximate surface area is 141 Å². The Morgan fingerprint density at radius 2 is 1.96 bits per heavy atom. The zero-order valence-corrected chi connectivity index (χ0v) is 14.2. The molecular formula is C18H23N3O3. The molecule has 2 aromatic rings. The van der Waals surface area contributed by atoms with E-state index in [1.165, 1.54) is 0 Å². The number of aromatic nitrogens is 1. The van der Waals surface area contributed by atoms with E-state index >= 15 is 0 Å². The molecule has 0 fully saturated rings. The minimum atomic E-state index is -0.422. The van der Waals surface area contributed by atoms with Crippen molar-refractivity contribution < 1.29 is 14.3 Å². The van der Waals surface area contributed by atoms with Gasteiger partial charge in [0.1, 0.15) is 5.69 Å². The lowest BCUT2D eigenvalue weighted by Gasteiger charge is -2.19. The van der Waals surface area contributed by atoms with Crippen molar-refractivity contribution in [2.45, 2.75) is 19.9 Å². The molecule has 0 saturated heterocycles. The van der Waals surface area contributed by atoms with Gasteiger partial charge in [-0.2, -0.15) is 0 Å². The van der Waals surface area contributed by atoms with Crippen LogP contribution in [0.15, 0.2) is 42.6 Å². The highest BCUT2D eigenvalue weighted by Gasteiger charge is 2.23. The van der Waals surface area contributed by atoms with Crippen LogP contribution in [0.25, 0.3) is 0 Å². The van der Waals surface area contributed by atoms with Gasteiger partial charge in [0.05, 0.1) is 18.2 Å². The first-order chi connectivity index (χ1) is 11.4. The van der Waals surface area contributed by atoms with E-state index in [0.717, 1.165) is 5.56 Å². The summed E-state index contributed by atoms with van der Waals surface area (Å²) in [4.78, 5) is 24.2. The molecule has 1 aromatic carbocycles. The van der Waals surface area contributed by atoms with E-state index in [9.17, 15) is 9.59 Å². The monoisotopic (exact) mass is 329 g/mol. The molecule has 6 heteroatoms. The summed E-state index contributed by atoms with van der Waals surface area (Å²) >= 11 is 0. The van der Waals surface area contributed by atoms with E-state index in [-0.39, 0.29) is 5.91 Å². The lowest BCUT2D eigenvalue weighted by Crippen LogP contribution is -2.30. The first-order valence-corrected chi connectivity index (χ1v) is 7.89. The van der Waals surface area contributed by atoms with Gasteiger partial charge < -0.3 is 20.4 Å². The first kappa shape index (κ1) is 17.7. The molecule has 3 N–H and O–H groups in total. The van der Waals surface area contributed by atoms with Crippen LogP contribution in [0.3, 0.4) is 0 Å². The molecule has 0 bridgehead atoms. The maximum absolute atomic E-state index is 12.4. The number of anilines is 1. The second-order valence-electron chi connectivity index (χ2n) is 5.66. The van der Waals surface area contributed by atoms with Gasteiger partial charge in [-0.25, -0.2) is 4.79 Å². The van der Waals surface area contributed by atoms with Crippen molar-refractivity contribution in [3.8, 4) is 0 Å². The van der Waals surface area contributed by atoms with Crippen LogP contribution < -0.4 is 11.1 Å². The molecule has 0 radical (unpaired) electrons. The Balaban J connectivity index is 2.06. The average molecular weight is 329 g/mol. The number of carbonyl (C=O) groups is 2. The summed E-state index contributed by atoms with van der Waals surface area (Å²) < 4.78 is 6.60. The Bertz CT molecular complexity index is 710. The fourth-order valence-electron chi connectivity index (χ4n) is 2.42. The van der Waals surface area contributed by atoms with Gasteiger partial charge in [-0.3, -0.25) is 4.79 Å². The molecule has 0 saturated carbocycles. The van der Waals surface area contributed by atoms with Gasteiger partial charge in [-0.05, 0) is 18.6 Å². The molecule has 0 aliphatic carbocycles. The number of nitrogens with zero attached hydrogens (tertiary/aromatic N) is 1. The van der Waals surface area contributed by atoms with Gasteiger partial charge >= 0.3 is 5.97 Å².